The highest BCUT2D eigenvalue weighted by Gasteiger charge is 2.22. The number of H-pyrrole nitrogens is 1. The van der Waals surface area contributed by atoms with Gasteiger partial charge in [-0.05, 0) is 69.3 Å². The van der Waals surface area contributed by atoms with Gasteiger partial charge in [0.1, 0.15) is 23.3 Å². The van der Waals surface area contributed by atoms with E-state index in [0.717, 1.165) is 77.7 Å². The van der Waals surface area contributed by atoms with Gasteiger partial charge in [-0.2, -0.15) is 0 Å². The van der Waals surface area contributed by atoms with Crippen LogP contribution in [0, 0.1) is 6.92 Å². The molecule has 5 aromatic heterocycles. The molecule has 3 N–H and O–H groups in total. The quantitative estimate of drug-likeness (QED) is 0.294. The van der Waals surface area contributed by atoms with E-state index in [9.17, 15) is 0 Å². The van der Waals surface area contributed by atoms with Crippen LogP contribution in [0.2, 0.25) is 0 Å². The molecule has 0 aromatic carbocycles. The van der Waals surface area contributed by atoms with Crippen LogP contribution < -0.4 is 15.4 Å². The van der Waals surface area contributed by atoms with Gasteiger partial charge in [-0.3, -0.25) is 9.98 Å². The minimum absolute atomic E-state index is 0.205. The minimum Gasteiger partial charge on any atom is -0.489 e. The molecule has 196 valence electrons. The molecule has 0 spiro atoms. The van der Waals surface area contributed by atoms with Crippen LogP contribution in [0.1, 0.15) is 29.2 Å². The molecular formula is C29H28N8OS. The maximum atomic E-state index is 6.24. The van der Waals surface area contributed by atoms with E-state index in [-0.39, 0.29) is 6.10 Å². The summed E-state index contributed by atoms with van der Waals surface area (Å²) in [5.41, 5.74) is 6.75. The van der Waals surface area contributed by atoms with E-state index < -0.39 is 0 Å². The molecule has 0 saturated carbocycles. The molecule has 1 fully saturated rings. The molecule has 0 radical (unpaired) electrons. The molecule has 0 amide bonds. The number of thiophene rings is 1. The molecule has 2 aliphatic heterocycles. The molecule has 5 aromatic rings. The lowest BCUT2D eigenvalue weighted by atomic mass is 10.1. The lowest BCUT2D eigenvalue weighted by Gasteiger charge is -2.23. The number of imidazole rings is 1. The third kappa shape index (κ3) is 4.77. The number of ether oxygens (including phenoxy) is 1. The Morgan fingerprint density at radius 3 is 2.79 bits per heavy atom. The van der Waals surface area contributed by atoms with Crippen molar-refractivity contribution in [2.45, 2.75) is 25.9 Å². The summed E-state index contributed by atoms with van der Waals surface area (Å²) in [5.74, 6) is 1.43. The summed E-state index contributed by atoms with van der Waals surface area (Å²) in [6.07, 6.45) is 7.60. The predicted octanol–water partition coefficient (Wildman–Crippen LogP) is 4.85. The van der Waals surface area contributed by atoms with Crippen molar-refractivity contribution in [1.29, 1.82) is 0 Å². The van der Waals surface area contributed by atoms with Crippen molar-refractivity contribution in [3.05, 3.63) is 71.4 Å². The summed E-state index contributed by atoms with van der Waals surface area (Å²) < 4.78 is 6.24. The number of pyridine rings is 3. The number of rotatable bonds is 5. The van der Waals surface area contributed by atoms with Gasteiger partial charge in [-0.1, -0.05) is 0 Å². The molecule has 0 unspecified atom stereocenters. The van der Waals surface area contributed by atoms with Gasteiger partial charge in [0.25, 0.3) is 0 Å². The maximum absolute atomic E-state index is 6.24. The molecule has 0 atom stereocenters. The van der Waals surface area contributed by atoms with Crippen molar-refractivity contribution >= 4 is 33.9 Å². The summed E-state index contributed by atoms with van der Waals surface area (Å²) in [7, 11) is 0. The molecule has 7 rings (SSSR count). The van der Waals surface area contributed by atoms with E-state index in [2.05, 4.69) is 50.7 Å². The largest absolute Gasteiger partial charge is 0.489 e. The highest BCUT2D eigenvalue weighted by atomic mass is 32.1. The van der Waals surface area contributed by atoms with Crippen molar-refractivity contribution in [2.24, 2.45) is 4.99 Å². The van der Waals surface area contributed by atoms with E-state index >= 15 is 0 Å². The molecule has 2 aliphatic rings. The molecule has 39 heavy (non-hydrogen) atoms. The third-order valence-corrected chi connectivity index (χ3v) is 8.07. The molecule has 0 bridgehead atoms. The Morgan fingerprint density at radius 2 is 1.92 bits per heavy atom. The van der Waals surface area contributed by atoms with Crippen LogP contribution in [-0.4, -0.2) is 62.9 Å². The van der Waals surface area contributed by atoms with Gasteiger partial charge in [0, 0.05) is 39.8 Å². The lowest BCUT2D eigenvalue weighted by Crippen LogP contribution is -2.34. The number of aryl methyl sites for hydroxylation is 1. The first-order valence-corrected chi connectivity index (χ1v) is 14.1. The highest BCUT2D eigenvalue weighted by Crippen LogP contribution is 2.33. The van der Waals surface area contributed by atoms with Crippen molar-refractivity contribution in [2.75, 3.05) is 31.5 Å². The SMILES string of the molecule is Cc1ccc(-c2ccnc3nc(C4=NCCNc5ccc(-c6cncc(OC7CCNCC7)c6)nc54)[nH]c23)s1. The zero-order valence-electron chi connectivity index (χ0n) is 21.6. The zero-order valence-corrected chi connectivity index (χ0v) is 22.4. The van der Waals surface area contributed by atoms with Gasteiger partial charge < -0.3 is 20.4 Å². The summed E-state index contributed by atoms with van der Waals surface area (Å²) in [6, 6.07) is 12.4. The smallest absolute Gasteiger partial charge is 0.178 e. The monoisotopic (exact) mass is 536 g/mol. The second-order valence-corrected chi connectivity index (χ2v) is 11.1. The number of nitrogens with one attached hydrogen (secondary N) is 3. The van der Waals surface area contributed by atoms with Crippen LogP contribution in [0.4, 0.5) is 5.69 Å². The Balaban J connectivity index is 1.26. The molecular weight excluding hydrogens is 508 g/mol. The number of aromatic amines is 1. The number of aliphatic imine (C=N–C) groups is 1. The molecule has 7 heterocycles. The van der Waals surface area contributed by atoms with Gasteiger partial charge in [-0.25, -0.2) is 15.0 Å². The minimum atomic E-state index is 0.205. The molecule has 0 aliphatic carbocycles. The first kappa shape index (κ1) is 23.9. The molecule has 10 heteroatoms. The topological polar surface area (TPSA) is 113 Å². The lowest BCUT2D eigenvalue weighted by molar-refractivity contribution is 0.162. The van der Waals surface area contributed by atoms with Crippen molar-refractivity contribution in [3.8, 4) is 27.4 Å². The Bertz CT molecular complexity index is 1680. The van der Waals surface area contributed by atoms with E-state index in [4.69, 9.17) is 19.7 Å². The zero-order chi connectivity index (χ0) is 26.2. The van der Waals surface area contributed by atoms with Crippen LogP contribution in [0.5, 0.6) is 5.75 Å². The maximum Gasteiger partial charge on any atom is 0.178 e. The van der Waals surface area contributed by atoms with Crippen LogP contribution in [0.25, 0.3) is 32.9 Å². The summed E-state index contributed by atoms with van der Waals surface area (Å²) in [5, 5.41) is 6.84. The van der Waals surface area contributed by atoms with Crippen LogP contribution in [0.15, 0.2) is 60.0 Å². The van der Waals surface area contributed by atoms with Gasteiger partial charge >= 0.3 is 0 Å². The Labute approximate surface area is 229 Å². The van der Waals surface area contributed by atoms with Gasteiger partial charge in [0.05, 0.1) is 29.6 Å². The summed E-state index contributed by atoms with van der Waals surface area (Å²) >= 11 is 1.76. The summed E-state index contributed by atoms with van der Waals surface area (Å²) in [4.78, 5) is 29.8. The summed E-state index contributed by atoms with van der Waals surface area (Å²) in [6.45, 7) is 5.40. The van der Waals surface area contributed by atoms with Gasteiger partial charge in [0.15, 0.2) is 11.5 Å². The number of nitrogens with zero attached hydrogens (tertiary/aromatic N) is 5. The van der Waals surface area contributed by atoms with Crippen molar-refractivity contribution in [3.63, 3.8) is 0 Å². The van der Waals surface area contributed by atoms with Gasteiger partial charge in [-0.15, -0.1) is 11.3 Å². The standard InChI is InChI=1S/C29H28N8OS/c1-17-2-5-24(39-17)21-8-11-34-28-25(21)36-29(37-28)27-26-23(32-12-13-33-27)4-3-22(35-26)18-14-20(16-31-15-18)38-19-6-9-30-10-7-19/h2-5,8,11,14-16,19,30,32H,6-7,9-10,12-13H2,1H3,(H,34,36,37). The third-order valence-electron chi connectivity index (χ3n) is 7.04. The Morgan fingerprint density at radius 1 is 1.00 bits per heavy atom. The second kappa shape index (κ2) is 10.2. The number of anilines is 1. The van der Waals surface area contributed by atoms with E-state index in [1.807, 2.05) is 30.6 Å². The van der Waals surface area contributed by atoms with E-state index in [1.165, 1.54) is 9.75 Å². The predicted molar refractivity (Wildman–Crippen MR) is 155 cm³/mol. The number of hydrogen-bond acceptors (Lipinski definition) is 9. The highest BCUT2D eigenvalue weighted by molar-refractivity contribution is 7.15. The van der Waals surface area contributed by atoms with Crippen LogP contribution >= 0.6 is 11.3 Å². The first-order valence-electron chi connectivity index (χ1n) is 13.3. The Kier molecular flexibility index (Phi) is 6.26. The van der Waals surface area contributed by atoms with E-state index in [0.29, 0.717) is 18.0 Å². The van der Waals surface area contributed by atoms with E-state index in [1.54, 1.807) is 17.5 Å². The molecule has 9 nitrogen and oxygen atoms in total. The number of hydrogen-bond donors (Lipinski definition) is 3. The Hall–Kier alpha value is -4.15. The van der Waals surface area contributed by atoms with Crippen molar-refractivity contribution in [1.82, 2.24) is 30.2 Å². The van der Waals surface area contributed by atoms with Crippen molar-refractivity contribution < 1.29 is 4.74 Å². The van der Waals surface area contributed by atoms with Gasteiger partial charge in [0.2, 0.25) is 0 Å². The number of aromatic nitrogens is 5. The average molecular weight is 537 g/mol. The fraction of sp³-hybridized carbons (Fsp3) is 0.276. The fourth-order valence-corrected chi connectivity index (χ4v) is 6.00. The average Bonchev–Trinajstić information content (AvgIpc) is 3.54. The number of piperidine rings is 1. The normalized spacial score (nSPS) is 15.9. The number of fused-ring (bicyclic) bond motifs is 2. The molecule has 1 saturated heterocycles. The first-order chi connectivity index (χ1) is 19.2. The van der Waals surface area contributed by atoms with Crippen LogP contribution in [0.3, 0.4) is 0 Å². The fourth-order valence-electron chi connectivity index (χ4n) is 5.10. The van der Waals surface area contributed by atoms with Crippen LogP contribution in [-0.2, 0) is 0 Å². The second-order valence-electron chi connectivity index (χ2n) is 9.78.